The number of carbonyl (C=O) groups excluding carboxylic acids is 1. The topological polar surface area (TPSA) is 68.2 Å². The number of anilines is 1. The van der Waals surface area contributed by atoms with E-state index in [4.69, 9.17) is 28.5 Å². The smallest absolute Gasteiger partial charge is 0.319 e. The average molecular weight is 327 g/mol. The number of halogens is 2. The van der Waals surface area contributed by atoms with Gasteiger partial charge in [-0.2, -0.15) is 5.26 Å². The minimum absolute atomic E-state index is 0.109. The molecule has 5 nitrogen and oxygen atoms in total. The molecule has 1 saturated heterocycles. The number of piperidine rings is 1. The fourth-order valence-electron chi connectivity index (χ4n) is 2.27. The van der Waals surface area contributed by atoms with E-state index < -0.39 is 0 Å². The Labute approximate surface area is 133 Å². The minimum atomic E-state index is -0.294. The summed E-state index contributed by atoms with van der Waals surface area (Å²) in [4.78, 5) is 14.0. The number of likely N-dealkylation sites (tertiary alicyclic amines) is 1. The normalized spacial score (nSPS) is 16.2. The van der Waals surface area contributed by atoms with E-state index in [1.165, 1.54) is 0 Å². The second-order valence-electron chi connectivity index (χ2n) is 4.93. The van der Waals surface area contributed by atoms with E-state index in [0.717, 1.165) is 25.9 Å². The SMILES string of the molecule is N#CCN1CCC(NC(=O)Nc2cc(Cl)ccc2Cl)CC1. The number of nitriles is 1. The van der Waals surface area contributed by atoms with Gasteiger partial charge in [-0.15, -0.1) is 0 Å². The number of hydrogen-bond donors (Lipinski definition) is 2. The van der Waals surface area contributed by atoms with E-state index in [0.29, 0.717) is 22.3 Å². The van der Waals surface area contributed by atoms with Crippen molar-refractivity contribution in [3.05, 3.63) is 28.2 Å². The van der Waals surface area contributed by atoms with Crippen LogP contribution in [0.15, 0.2) is 18.2 Å². The zero-order valence-corrected chi connectivity index (χ0v) is 12.9. The van der Waals surface area contributed by atoms with Gasteiger partial charge in [0.25, 0.3) is 0 Å². The van der Waals surface area contributed by atoms with E-state index in [1.807, 2.05) is 0 Å². The lowest BCUT2D eigenvalue weighted by Gasteiger charge is -2.30. The highest BCUT2D eigenvalue weighted by atomic mass is 35.5. The number of nitrogens with zero attached hydrogens (tertiary/aromatic N) is 2. The van der Waals surface area contributed by atoms with Gasteiger partial charge in [-0.3, -0.25) is 4.90 Å². The molecule has 0 saturated carbocycles. The fourth-order valence-corrected chi connectivity index (χ4v) is 2.61. The Balaban J connectivity index is 1.83. The van der Waals surface area contributed by atoms with Gasteiger partial charge >= 0.3 is 6.03 Å². The first-order chi connectivity index (χ1) is 10.1. The standard InChI is InChI=1S/C14H16Cl2N4O/c15-10-1-2-12(16)13(9-10)19-14(21)18-11-3-6-20(7-4-11)8-5-17/h1-2,9,11H,3-4,6-8H2,(H2,18,19,21). The Morgan fingerprint density at radius 3 is 2.76 bits per heavy atom. The number of carbonyl (C=O) groups is 1. The summed E-state index contributed by atoms with van der Waals surface area (Å²) in [5.74, 6) is 0. The molecule has 1 heterocycles. The van der Waals surface area contributed by atoms with Crippen molar-refractivity contribution in [2.75, 3.05) is 25.0 Å². The maximum Gasteiger partial charge on any atom is 0.319 e. The largest absolute Gasteiger partial charge is 0.335 e. The zero-order valence-electron chi connectivity index (χ0n) is 11.4. The van der Waals surface area contributed by atoms with Gasteiger partial charge in [-0.1, -0.05) is 23.2 Å². The molecule has 0 bridgehead atoms. The Hall–Kier alpha value is -1.48. The van der Waals surface area contributed by atoms with Crippen molar-refractivity contribution in [2.45, 2.75) is 18.9 Å². The Bertz CT molecular complexity index is 550. The number of urea groups is 1. The summed E-state index contributed by atoms with van der Waals surface area (Å²) in [6, 6.07) is 6.87. The summed E-state index contributed by atoms with van der Waals surface area (Å²) in [6.45, 7) is 2.07. The Morgan fingerprint density at radius 2 is 2.10 bits per heavy atom. The lowest BCUT2D eigenvalue weighted by Crippen LogP contribution is -2.46. The third-order valence-corrected chi connectivity index (χ3v) is 3.96. The molecule has 0 aromatic heterocycles. The third kappa shape index (κ3) is 4.78. The molecule has 112 valence electrons. The maximum absolute atomic E-state index is 12.0. The lowest BCUT2D eigenvalue weighted by molar-refractivity contribution is 0.211. The molecule has 2 amide bonds. The fraction of sp³-hybridized carbons (Fsp3) is 0.429. The van der Waals surface area contributed by atoms with Crippen LogP contribution in [-0.2, 0) is 0 Å². The van der Waals surface area contributed by atoms with Gasteiger partial charge in [0.15, 0.2) is 0 Å². The molecule has 1 aliphatic rings. The van der Waals surface area contributed by atoms with E-state index in [2.05, 4.69) is 21.6 Å². The number of amides is 2. The molecule has 0 unspecified atom stereocenters. The molecule has 0 aliphatic carbocycles. The Kier molecular flexibility index (Phi) is 5.68. The van der Waals surface area contributed by atoms with Gasteiger partial charge in [0.2, 0.25) is 0 Å². The lowest BCUT2D eigenvalue weighted by atomic mass is 10.1. The number of hydrogen-bond acceptors (Lipinski definition) is 3. The van der Waals surface area contributed by atoms with Gasteiger partial charge in [-0.25, -0.2) is 4.79 Å². The highest BCUT2D eigenvalue weighted by Gasteiger charge is 2.20. The number of rotatable bonds is 3. The summed E-state index contributed by atoms with van der Waals surface area (Å²) >= 11 is 11.9. The summed E-state index contributed by atoms with van der Waals surface area (Å²) in [6.07, 6.45) is 1.66. The van der Waals surface area contributed by atoms with Crippen molar-refractivity contribution in [3.8, 4) is 6.07 Å². The van der Waals surface area contributed by atoms with Crippen LogP contribution >= 0.6 is 23.2 Å². The van der Waals surface area contributed by atoms with Crippen molar-refractivity contribution in [3.63, 3.8) is 0 Å². The highest BCUT2D eigenvalue weighted by molar-refractivity contribution is 6.35. The predicted octanol–water partition coefficient (Wildman–Crippen LogP) is 3.10. The van der Waals surface area contributed by atoms with E-state index in [1.54, 1.807) is 18.2 Å². The molecule has 21 heavy (non-hydrogen) atoms. The van der Waals surface area contributed by atoms with E-state index in [9.17, 15) is 4.79 Å². The summed E-state index contributed by atoms with van der Waals surface area (Å²) < 4.78 is 0. The summed E-state index contributed by atoms with van der Waals surface area (Å²) in [7, 11) is 0. The highest BCUT2D eigenvalue weighted by Crippen LogP contribution is 2.25. The maximum atomic E-state index is 12.0. The molecule has 0 radical (unpaired) electrons. The van der Waals surface area contributed by atoms with Gasteiger partial charge in [0, 0.05) is 24.2 Å². The molecule has 2 rings (SSSR count). The van der Waals surface area contributed by atoms with Crippen LogP contribution in [0.4, 0.5) is 10.5 Å². The van der Waals surface area contributed by atoms with Crippen LogP contribution in [0.25, 0.3) is 0 Å². The van der Waals surface area contributed by atoms with Gasteiger partial charge in [0.05, 0.1) is 23.3 Å². The first-order valence-corrected chi connectivity index (χ1v) is 7.46. The first-order valence-electron chi connectivity index (χ1n) is 6.70. The van der Waals surface area contributed by atoms with Crippen LogP contribution in [0.2, 0.25) is 10.0 Å². The van der Waals surface area contributed by atoms with E-state index in [-0.39, 0.29) is 12.1 Å². The van der Waals surface area contributed by atoms with Gasteiger partial charge < -0.3 is 10.6 Å². The van der Waals surface area contributed by atoms with Crippen molar-refractivity contribution in [1.82, 2.24) is 10.2 Å². The molecule has 1 fully saturated rings. The van der Waals surface area contributed by atoms with Crippen molar-refractivity contribution < 1.29 is 4.79 Å². The van der Waals surface area contributed by atoms with Crippen molar-refractivity contribution in [1.29, 1.82) is 5.26 Å². The van der Waals surface area contributed by atoms with Crippen LogP contribution in [0.1, 0.15) is 12.8 Å². The minimum Gasteiger partial charge on any atom is -0.335 e. The van der Waals surface area contributed by atoms with Gasteiger partial charge in [0.1, 0.15) is 0 Å². The van der Waals surface area contributed by atoms with Crippen LogP contribution < -0.4 is 10.6 Å². The first kappa shape index (κ1) is 15.9. The van der Waals surface area contributed by atoms with Crippen LogP contribution in [-0.4, -0.2) is 36.6 Å². The molecule has 1 aromatic carbocycles. The number of benzene rings is 1. The van der Waals surface area contributed by atoms with E-state index >= 15 is 0 Å². The molecule has 1 aromatic rings. The zero-order chi connectivity index (χ0) is 15.2. The molecular weight excluding hydrogens is 311 g/mol. The monoisotopic (exact) mass is 326 g/mol. The third-order valence-electron chi connectivity index (χ3n) is 3.39. The van der Waals surface area contributed by atoms with Crippen LogP contribution in [0, 0.1) is 11.3 Å². The van der Waals surface area contributed by atoms with Crippen molar-refractivity contribution in [2.24, 2.45) is 0 Å². The molecule has 2 N–H and O–H groups in total. The predicted molar refractivity (Wildman–Crippen MR) is 83.7 cm³/mol. The molecule has 0 atom stereocenters. The summed E-state index contributed by atoms with van der Waals surface area (Å²) in [5, 5.41) is 15.2. The molecule has 0 spiro atoms. The molecule has 1 aliphatic heterocycles. The molecular formula is C14H16Cl2N4O. The Morgan fingerprint density at radius 1 is 1.38 bits per heavy atom. The molecule has 7 heteroatoms. The van der Waals surface area contributed by atoms with Crippen LogP contribution in [0.5, 0.6) is 0 Å². The second kappa shape index (κ2) is 7.51. The summed E-state index contributed by atoms with van der Waals surface area (Å²) in [5.41, 5.74) is 0.489. The van der Waals surface area contributed by atoms with Crippen LogP contribution in [0.3, 0.4) is 0 Å². The quantitative estimate of drug-likeness (QED) is 0.838. The average Bonchev–Trinajstić information content (AvgIpc) is 2.45. The number of nitrogens with one attached hydrogen (secondary N) is 2. The van der Waals surface area contributed by atoms with Crippen molar-refractivity contribution >= 4 is 34.9 Å². The second-order valence-corrected chi connectivity index (χ2v) is 5.77. The van der Waals surface area contributed by atoms with Gasteiger partial charge in [-0.05, 0) is 31.0 Å².